The van der Waals surface area contributed by atoms with Crippen LogP contribution in [0.15, 0.2) is 54.6 Å². The summed E-state index contributed by atoms with van der Waals surface area (Å²) in [5.74, 6) is 0.422. The number of methoxy groups -OCH3 is 1. The summed E-state index contributed by atoms with van der Waals surface area (Å²) in [6.07, 6.45) is 0. The Kier molecular flexibility index (Phi) is 6.37. The molecular weight excluding hydrogens is 304 g/mol. The number of nitrogens with zero attached hydrogens (tertiary/aromatic N) is 1. The van der Waals surface area contributed by atoms with Crippen molar-refractivity contribution in [2.24, 2.45) is 0 Å². The van der Waals surface area contributed by atoms with Crippen LogP contribution in [0.1, 0.15) is 22.8 Å². The second-order valence-corrected chi connectivity index (χ2v) is 5.30. The quantitative estimate of drug-likeness (QED) is 0.850. The Balaban J connectivity index is 1.89. The predicted octanol–water partition coefficient (Wildman–Crippen LogP) is 2.47. The van der Waals surface area contributed by atoms with Crippen LogP contribution in [-0.2, 0) is 11.3 Å². The number of nitrogens with one attached hydrogen (secondary N) is 1. The SMILES string of the molecule is CCN(Cc1ccc(OC)cc1)C(=O)CNC(=O)c1ccccc1. The number of hydrogen-bond donors (Lipinski definition) is 1. The average Bonchev–Trinajstić information content (AvgIpc) is 2.65. The van der Waals surface area contributed by atoms with Gasteiger partial charge in [-0.2, -0.15) is 0 Å². The third-order valence-corrected chi connectivity index (χ3v) is 3.70. The molecule has 2 rings (SSSR count). The largest absolute Gasteiger partial charge is 0.497 e. The van der Waals surface area contributed by atoms with Crippen LogP contribution in [0.25, 0.3) is 0 Å². The van der Waals surface area contributed by atoms with Crippen LogP contribution >= 0.6 is 0 Å². The van der Waals surface area contributed by atoms with Gasteiger partial charge in [-0.25, -0.2) is 0 Å². The van der Waals surface area contributed by atoms with E-state index in [9.17, 15) is 9.59 Å². The number of carbonyl (C=O) groups excluding carboxylic acids is 2. The van der Waals surface area contributed by atoms with Gasteiger partial charge >= 0.3 is 0 Å². The summed E-state index contributed by atoms with van der Waals surface area (Å²) in [6.45, 7) is 2.98. The maximum atomic E-state index is 12.3. The molecule has 5 heteroatoms. The summed E-state index contributed by atoms with van der Waals surface area (Å²) in [5.41, 5.74) is 1.56. The van der Waals surface area contributed by atoms with E-state index in [1.54, 1.807) is 36.3 Å². The van der Waals surface area contributed by atoms with Gasteiger partial charge in [0.1, 0.15) is 5.75 Å². The van der Waals surface area contributed by atoms with E-state index in [-0.39, 0.29) is 18.4 Å². The molecule has 0 saturated heterocycles. The third-order valence-electron chi connectivity index (χ3n) is 3.70. The van der Waals surface area contributed by atoms with E-state index in [1.807, 2.05) is 37.3 Å². The minimum atomic E-state index is -0.246. The van der Waals surface area contributed by atoms with Crippen molar-refractivity contribution in [1.82, 2.24) is 10.2 Å². The van der Waals surface area contributed by atoms with E-state index in [1.165, 1.54) is 0 Å². The van der Waals surface area contributed by atoms with E-state index in [2.05, 4.69) is 5.32 Å². The molecule has 126 valence electrons. The van der Waals surface area contributed by atoms with Crippen molar-refractivity contribution in [2.75, 3.05) is 20.2 Å². The van der Waals surface area contributed by atoms with Crippen LogP contribution in [0.4, 0.5) is 0 Å². The molecule has 5 nitrogen and oxygen atoms in total. The van der Waals surface area contributed by atoms with Crippen LogP contribution in [0.2, 0.25) is 0 Å². The molecule has 24 heavy (non-hydrogen) atoms. The van der Waals surface area contributed by atoms with Crippen molar-refractivity contribution in [3.63, 3.8) is 0 Å². The van der Waals surface area contributed by atoms with Gasteiger partial charge in [0.2, 0.25) is 5.91 Å². The van der Waals surface area contributed by atoms with Crippen molar-refractivity contribution in [2.45, 2.75) is 13.5 Å². The van der Waals surface area contributed by atoms with E-state index in [0.717, 1.165) is 11.3 Å². The van der Waals surface area contributed by atoms with Crippen LogP contribution in [0.5, 0.6) is 5.75 Å². The van der Waals surface area contributed by atoms with Crippen LogP contribution in [0.3, 0.4) is 0 Å². The van der Waals surface area contributed by atoms with Gasteiger partial charge in [0.25, 0.3) is 5.91 Å². The molecule has 0 spiro atoms. The first-order valence-corrected chi connectivity index (χ1v) is 7.88. The van der Waals surface area contributed by atoms with Crippen LogP contribution < -0.4 is 10.1 Å². The Morgan fingerprint density at radius 2 is 1.71 bits per heavy atom. The summed E-state index contributed by atoms with van der Waals surface area (Å²) < 4.78 is 5.13. The molecule has 2 amide bonds. The molecule has 0 aromatic heterocycles. The van der Waals surface area contributed by atoms with E-state index in [0.29, 0.717) is 18.7 Å². The highest BCUT2D eigenvalue weighted by molar-refractivity contribution is 5.96. The Hall–Kier alpha value is -2.82. The Labute approximate surface area is 142 Å². The van der Waals surface area contributed by atoms with E-state index in [4.69, 9.17) is 4.74 Å². The standard InChI is InChI=1S/C19H22N2O3/c1-3-21(14-15-9-11-17(24-2)12-10-15)18(22)13-20-19(23)16-7-5-4-6-8-16/h4-12H,3,13-14H2,1-2H3,(H,20,23). The maximum Gasteiger partial charge on any atom is 0.251 e. The molecular formula is C19H22N2O3. The van der Waals surface area contributed by atoms with Gasteiger partial charge in [-0.1, -0.05) is 30.3 Å². The number of rotatable bonds is 7. The number of benzene rings is 2. The molecule has 0 saturated carbocycles. The molecule has 2 aromatic carbocycles. The minimum absolute atomic E-state index is 0.0161. The number of hydrogen-bond acceptors (Lipinski definition) is 3. The lowest BCUT2D eigenvalue weighted by atomic mass is 10.2. The smallest absolute Gasteiger partial charge is 0.251 e. The van der Waals surface area contributed by atoms with Gasteiger partial charge in [0, 0.05) is 18.7 Å². The third kappa shape index (κ3) is 4.84. The highest BCUT2D eigenvalue weighted by atomic mass is 16.5. The summed E-state index contributed by atoms with van der Waals surface area (Å²) in [6, 6.07) is 16.4. The highest BCUT2D eigenvalue weighted by Crippen LogP contribution is 2.13. The molecule has 0 heterocycles. The van der Waals surface area contributed by atoms with Crippen molar-refractivity contribution in [1.29, 1.82) is 0 Å². The first kappa shape index (κ1) is 17.5. The highest BCUT2D eigenvalue weighted by Gasteiger charge is 2.14. The lowest BCUT2D eigenvalue weighted by Crippen LogP contribution is -2.39. The van der Waals surface area contributed by atoms with Crippen molar-refractivity contribution < 1.29 is 14.3 Å². The Bertz CT molecular complexity index is 669. The topological polar surface area (TPSA) is 58.6 Å². The fraction of sp³-hybridized carbons (Fsp3) is 0.263. The van der Waals surface area contributed by atoms with E-state index >= 15 is 0 Å². The minimum Gasteiger partial charge on any atom is -0.497 e. The number of ether oxygens (including phenoxy) is 1. The van der Waals surface area contributed by atoms with Crippen molar-refractivity contribution in [3.05, 3.63) is 65.7 Å². The van der Waals surface area contributed by atoms with Gasteiger partial charge < -0.3 is 15.0 Å². The zero-order valence-electron chi connectivity index (χ0n) is 14.0. The molecule has 0 aliphatic carbocycles. The Morgan fingerprint density at radius 1 is 1.04 bits per heavy atom. The molecule has 0 unspecified atom stereocenters. The van der Waals surface area contributed by atoms with Crippen molar-refractivity contribution >= 4 is 11.8 Å². The number of carbonyl (C=O) groups is 2. The molecule has 2 aromatic rings. The lowest BCUT2D eigenvalue weighted by molar-refractivity contribution is -0.130. The van der Waals surface area contributed by atoms with Crippen LogP contribution in [0, 0.1) is 0 Å². The Morgan fingerprint density at radius 3 is 2.29 bits per heavy atom. The molecule has 0 aliphatic rings. The second kappa shape index (κ2) is 8.72. The maximum absolute atomic E-state index is 12.3. The van der Waals surface area contributed by atoms with Gasteiger partial charge in [-0.05, 0) is 36.8 Å². The number of amides is 2. The van der Waals surface area contributed by atoms with Gasteiger partial charge in [-0.3, -0.25) is 9.59 Å². The summed E-state index contributed by atoms with van der Waals surface area (Å²) >= 11 is 0. The molecule has 0 fully saturated rings. The monoisotopic (exact) mass is 326 g/mol. The first-order chi connectivity index (χ1) is 11.6. The lowest BCUT2D eigenvalue weighted by Gasteiger charge is -2.21. The first-order valence-electron chi connectivity index (χ1n) is 7.88. The van der Waals surface area contributed by atoms with Crippen molar-refractivity contribution in [3.8, 4) is 5.75 Å². The normalized spacial score (nSPS) is 10.1. The van der Waals surface area contributed by atoms with Gasteiger partial charge in [0.15, 0.2) is 0 Å². The molecule has 0 radical (unpaired) electrons. The zero-order chi connectivity index (χ0) is 17.4. The molecule has 0 bridgehead atoms. The molecule has 0 aliphatic heterocycles. The van der Waals surface area contributed by atoms with E-state index < -0.39 is 0 Å². The summed E-state index contributed by atoms with van der Waals surface area (Å²) in [5, 5.41) is 2.67. The van der Waals surface area contributed by atoms with Gasteiger partial charge in [0.05, 0.1) is 13.7 Å². The predicted molar refractivity (Wildman–Crippen MR) is 92.9 cm³/mol. The second-order valence-electron chi connectivity index (χ2n) is 5.30. The summed E-state index contributed by atoms with van der Waals surface area (Å²) in [4.78, 5) is 26.0. The molecule has 1 N–H and O–H groups in total. The average molecular weight is 326 g/mol. The summed E-state index contributed by atoms with van der Waals surface area (Å²) in [7, 11) is 1.62. The zero-order valence-corrected chi connectivity index (χ0v) is 14.0. The fourth-order valence-corrected chi connectivity index (χ4v) is 2.29. The fourth-order valence-electron chi connectivity index (χ4n) is 2.29. The van der Waals surface area contributed by atoms with Gasteiger partial charge in [-0.15, -0.1) is 0 Å². The van der Waals surface area contributed by atoms with Crippen LogP contribution in [-0.4, -0.2) is 36.9 Å². The molecule has 0 atom stereocenters. The number of likely N-dealkylation sites (N-methyl/N-ethyl adjacent to an activating group) is 1.